The normalized spacial score (nSPS) is 12.5. The van der Waals surface area contributed by atoms with Gasteiger partial charge in [0.1, 0.15) is 18.1 Å². The number of aromatic hydroxyl groups is 1. The fourth-order valence-corrected chi connectivity index (χ4v) is 8.03. The molecule has 0 unspecified atom stereocenters. The molecule has 0 bridgehead atoms. The number of ether oxygens (including phenoxy) is 1. The number of H-pyrrole nitrogens is 1. The molecule has 0 fully saturated rings. The van der Waals surface area contributed by atoms with Gasteiger partial charge in [-0.3, -0.25) is 15.2 Å². The maximum atomic E-state index is 13.5. The number of carboxylic acids is 1. The van der Waals surface area contributed by atoms with E-state index in [-0.39, 0.29) is 17.4 Å². The van der Waals surface area contributed by atoms with Crippen LogP contribution in [0.4, 0.5) is 10.3 Å². The molecule has 8 rings (SSSR count). The van der Waals surface area contributed by atoms with Crippen LogP contribution in [-0.4, -0.2) is 48.8 Å². The zero-order valence-electron chi connectivity index (χ0n) is 27.2. The van der Waals surface area contributed by atoms with Gasteiger partial charge in [0, 0.05) is 24.2 Å². The number of rotatable bonds is 9. The fourth-order valence-electron chi connectivity index (χ4n) is 6.08. The van der Waals surface area contributed by atoms with Gasteiger partial charge in [-0.25, -0.2) is 14.8 Å². The van der Waals surface area contributed by atoms with Crippen LogP contribution in [0.5, 0.6) is 11.5 Å². The number of nitrogens with one attached hydrogen (secondary N) is 2. The lowest BCUT2D eigenvalue weighted by atomic mass is 9.94. The van der Waals surface area contributed by atoms with Crippen molar-refractivity contribution in [3.05, 3.63) is 125 Å². The van der Waals surface area contributed by atoms with E-state index >= 15 is 0 Å². The number of hydrogen-bond acceptors (Lipinski definition) is 10. The van der Waals surface area contributed by atoms with Crippen LogP contribution in [0.25, 0.3) is 31.9 Å². The maximum Gasteiger partial charge on any atom is 0.356 e. The van der Waals surface area contributed by atoms with E-state index in [1.165, 1.54) is 22.7 Å². The topological polar surface area (TPSA) is 154 Å². The van der Waals surface area contributed by atoms with E-state index in [0.717, 1.165) is 38.0 Å². The van der Waals surface area contributed by atoms with Crippen LogP contribution in [0.2, 0.25) is 0 Å². The molecule has 3 aromatic heterocycles. The second-order valence-corrected chi connectivity index (χ2v) is 14.1. The number of benzene rings is 4. The molecule has 1 aliphatic heterocycles. The van der Waals surface area contributed by atoms with Gasteiger partial charge >= 0.3 is 5.97 Å². The first-order valence-corrected chi connectivity index (χ1v) is 17.8. The maximum absolute atomic E-state index is 13.5. The lowest BCUT2D eigenvalue weighted by Gasteiger charge is -2.29. The molecule has 51 heavy (non-hydrogen) atoms. The summed E-state index contributed by atoms with van der Waals surface area (Å²) in [6.07, 6.45) is 0.692. The highest BCUT2D eigenvalue weighted by atomic mass is 32.1. The van der Waals surface area contributed by atoms with Crippen LogP contribution in [0.15, 0.2) is 91.0 Å². The van der Waals surface area contributed by atoms with E-state index in [0.29, 0.717) is 64.0 Å². The minimum atomic E-state index is -1.10. The van der Waals surface area contributed by atoms with Crippen molar-refractivity contribution in [3.63, 3.8) is 0 Å². The number of aromatic amines is 1. The summed E-state index contributed by atoms with van der Waals surface area (Å²) in [5.41, 5.74) is 6.88. The molecule has 11 nitrogen and oxygen atoms in total. The van der Waals surface area contributed by atoms with Crippen molar-refractivity contribution >= 4 is 55.0 Å². The zero-order chi connectivity index (χ0) is 35.1. The lowest BCUT2D eigenvalue weighted by Crippen LogP contribution is -2.32. The Morgan fingerprint density at radius 2 is 1.73 bits per heavy atom. The number of carboxylic acid groups (broad SMARTS) is 1. The Kier molecular flexibility index (Phi) is 8.42. The molecule has 0 saturated heterocycles. The number of anilines is 2. The van der Waals surface area contributed by atoms with Crippen LogP contribution in [0.3, 0.4) is 0 Å². The number of aryl methyl sites for hydroxylation is 1. The Hall–Kier alpha value is -6.05. The molecule has 4 aromatic carbocycles. The molecule has 1 aliphatic rings. The third kappa shape index (κ3) is 6.40. The minimum Gasteiger partial charge on any atom is -0.504 e. The number of hydrogen-bond donors (Lipinski definition) is 4. The van der Waals surface area contributed by atoms with Gasteiger partial charge in [-0.15, -0.1) is 0 Å². The van der Waals surface area contributed by atoms with Crippen molar-refractivity contribution in [2.45, 2.75) is 26.5 Å². The van der Waals surface area contributed by atoms with Gasteiger partial charge < -0.3 is 19.8 Å². The monoisotopic (exact) mass is 714 g/mol. The van der Waals surface area contributed by atoms with Crippen LogP contribution < -0.4 is 15.0 Å². The lowest BCUT2D eigenvalue weighted by molar-refractivity contribution is 0.0692. The van der Waals surface area contributed by atoms with E-state index in [2.05, 4.69) is 25.5 Å². The quantitative estimate of drug-likeness (QED) is 0.117. The number of aromatic nitrogens is 4. The third-order valence-corrected chi connectivity index (χ3v) is 10.9. The number of nitrogens with zero attached hydrogens (tertiary/aromatic N) is 4. The summed E-state index contributed by atoms with van der Waals surface area (Å²) in [4.78, 5) is 37.6. The zero-order valence-corrected chi connectivity index (χ0v) is 28.8. The number of fused-ring (bicyclic) bond motifs is 2. The predicted molar refractivity (Wildman–Crippen MR) is 198 cm³/mol. The molecule has 13 heteroatoms. The molecule has 1 amide bonds. The largest absolute Gasteiger partial charge is 0.504 e. The fraction of sp³-hybridized carbons (Fsp3) is 0.132. The molecule has 0 saturated carbocycles. The highest BCUT2D eigenvalue weighted by molar-refractivity contribution is 7.22. The number of carbonyl (C=O) groups is 2. The average Bonchev–Trinajstić information content (AvgIpc) is 3.87. The molecule has 0 radical (unpaired) electrons. The van der Waals surface area contributed by atoms with Crippen molar-refractivity contribution in [2.75, 3.05) is 16.8 Å². The smallest absolute Gasteiger partial charge is 0.356 e. The van der Waals surface area contributed by atoms with E-state index in [1.807, 2.05) is 95.9 Å². The summed E-state index contributed by atoms with van der Waals surface area (Å²) >= 11 is 2.76. The number of para-hydroxylation sites is 1. The summed E-state index contributed by atoms with van der Waals surface area (Å²) in [5.74, 6) is -0.547. The Bertz CT molecular complexity index is 2380. The number of amides is 1. The molecule has 4 heterocycles. The van der Waals surface area contributed by atoms with Crippen molar-refractivity contribution < 1.29 is 24.5 Å². The summed E-state index contributed by atoms with van der Waals surface area (Å²) < 4.78 is 6.98. The van der Waals surface area contributed by atoms with Gasteiger partial charge in [0.15, 0.2) is 21.7 Å². The molecule has 7 aromatic rings. The Morgan fingerprint density at radius 3 is 2.47 bits per heavy atom. The first kappa shape index (κ1) is 32.2. The van der Waals surface area contributed by atoms with Gasteiger partial charge in [-0.2, -0.15) is 5.10 Å². The van der Waals surface area contributed by atoms with Crippen LogP contribution >= 0.6 is 22.7 Å². The third-order valence-electron chi connectivity index (χ3n) is 8.79. The van der Waals surface area contributed by atoms with Gasteiger partial charge in [-0.1, -0.05) is 71.2 Å². The highest BCUT2D eigenvalue weighted by Gasteiger charge is 2.27. The van der Waals surface area contributed by atoms with Crippen molar-refractivity contribution in [1.29, 1.82) is 0 Å². The first-order valence-electron chi connectivity index (χ1n) is 16.1. The summed E-state index contributed by atoms with van der Waals surface area (Å²) in [6.45, 7) is 3.13. The van der Waals surface area contributed by atoms with E-state index in [1.54, 1.807) is 6.92 Å². The second kappa shape index (κ2) is 13.3. The van der Waals surface area contributed by atoms with Crippen molar-refractivity contribution in [2.24, 2.45) is 0 Å². The SMILES string of the molecule is Cc1[nH]nc(-c2ccc(OCc3ccc(-c4sc(N5CCc6cccc(C(=O)Nc7nc8ccccc8s7)c6C5)nc4C(=O)O)cc3)cc2)c1O. The first-order chi connectivity index (χ1) is 24.8. The standard InChI is InChI=1S/C38H30N6O5S2/c1-21-33(45)31(43-42-21)24-13-15-26(16-14-24)49-20-22-9-11-25(12-10-22)34-32(36(47)48)40-38(51-34)44-18-17-23-5-4-6-27(28(23)19-44)35(46)41-37-39-29-7-2-3-8-30(29)50-37/h2-16,45H,17-20H2,1H3,(H,42,43)(H,47,48)(H,39,41,46). The molecule has 0 atom stereocenters. The molecule has 0 aliphatic carbocycles. The minimum absolute atomic E-state index is 0.00936. The van der Waals surface area contributed by atoms with Crippen LogP contribution in [0.1, 0.15) is 43.2 Å². The Labute approximate surface area is 299 Å². The summed E-state index contributed by atoms with van der Waals surface area (Å²) in [6, 6.07) is 28.4. The average molecular weight is 715 g/mol. The van der Waals surface area contributed by atoms with E-state index < -0.39 is 5.97 Å². The predicted octanol–water partition coefficient (Wildman–Crippen LogP) is 7.92. The molecule has 254 valence electrons. The molecule has 0 spiro atoms. The molecular formula is C38H30N6O5S2. The Balaban J connectivity index is 0.968. The summed E-state index contributed by atoms with van der Waals surface area (Å²) in [7, 11) is 0. The van der Waals surface area contributed by atoms with Crippen molar-refractivity contribution in [1.82, 2.24) is 20.2 Å². The Morgan fingerprint density at radius 1 is 0.941 bits per heavy atom. The summed E-state index contributed by atoms with van der Waals surface area (Å²) in [5, 5.41) is 31.3. The van der Waals surface area contributed by atoms with Gasteiger partial charge in [0.05, 0.1) is 20.8 Å². The van der Waals surface area contributed by atoms with Crippen LogP contribution in [0, 0.1) is 6.92 Å². The second-order valence-electron chi connectivity index (χ2n) is 12.1. The van der Waals surface area contributed by atoms with Crippen molar-refractivity contribution in [3.8, 4) is 33.2 Å². The van der Waals surface area contributed by atoms with Gasteiger partial charge in [0.2, 0.25) is 0 Å². The number of aromatic carboxylic acids is 1. The number of carbonyl (C=O) groups excluding carboxylic acids is 1. The van der Waals surface area contributed by atoms with E-state index in [4.69, 9.17) is 4.74 Å². The molecular weight excluding hydrogens is 685 g/mol. The van der Waals surface area contributed by atoms with Gasteiger partial charge in [0.25, 0.3) is 5.91 Å². The van der Waals surface area contributed by atoms with Crippen LogP contribution in [-0.2, 0) is 19.6 Å². The molecule has 4 N–H and O–H groups in total. The van der Waals surface area contributed by atoms with E-state index in [9.17, 15) is 19.8 Å². The van der Waals surface area contributed by atoms with Gasteiger partial charge in [-0.05, 0) is 78.1 Å². The highest BCUT2D eigenvalue weighted by Crippen LogP contribution is 2.38. The number of thiazole rings is 2.